The van der Waals surface area contributed by atoms with Crippen molar-refractivity contribution in [1.82, 2.24) is 5.32 Å². The number of carbonyl (C=O) groups excluding carboxylic acids is 1. The van der Waals surface area contributed by atoms with Crippen LogP contribution in [0.5, 0.6) is 5.75 Å². The van der Waals surface area contributed by atoms with E-state index in [1.165, 1.54) is 0 Å². The van der Waals surface area contributed by atoms with Gasteiger partial charge < -0.3 is 19.9 Å². The average molecular weight is 305 g/mol. The molecule has 0 saturated heterocycles. The Balaban J connectivity index is 1.90. The molecule has 22 heavy (non-hydrogen) atoms. The first-order valence-electron chi connectivity index (χ1n) is 7.42. The molecule has 0 saturated carbocycles. The zero-order chi connectivity index (χ0) is 16.2. The monoisotopic (exact) mass is 305 g/mol. The van der Waals surface area contributed by atoms with Crippen LogP contribution in [-0.4, -0.2) is 36.1 Å². The van der Waals surface area contributed by atoms with Gasteiger partial charge in [0.15, 0.2) is 0 Å². The maximum absolute atomic E-state index is 11.5. The van der Waals surface area contributed by atoms with E-state index in [1.54, 1.807) is 0 Å². The Kier molecular flexibility index (Phi) is 5.08. The molecule has 5 nitrogen and oxygen atoms in total. The minimum Gasteiger partial charge on any atom is -0.487 e. The van der Waals surface area contributed by atoms with Crippen LogP contribution in [0.25, 0.3) is 6.08 Å². The second-order valence-corrected chi connectivity index (χ2v) is 6.25. The van der Waals surface area contributed by atoms with Crippen molar-refractivity contribution < 1.29 is 19.4 Å². The smallest absolute Gasteiger partial charge is 0.407 e. The van der Waals surface area contributed by atoms with Gasteiger partial charge in [-0.2, -0.15) is 0 Å². The molecule has 2 N–H and O–H groups in total. The third-order valence-electron chi connectivity index (χ3n) is 3.12. The van der Waals surface area contributed by atoms with Crippen molar-refractivity contribution in [2.75, 3.05) is 13.2 Å². The van der Waals surface area contributed by atoms with Crippen molar-refractivity contribution in [3.63, 3.8) is 0 Å². The van der Waals surface area contributed by atoms with Gasteiger partial charge in [-0.05, 0) is 26.3 Å². The lowest BCUT2D eigenvalue weighted by molar-refractivity contribution is 0.0534. The molecular formula is C17H23NO4. The van der Waals surface area contributed by atoms with Gasteiger partial charge in [-0.15, -0.1) is 0 Å². The number of fused-ring (bicyclic) bond motifs is 1. The number of aliphatic hydroxyl groups excluding tert-OH is 1. The predicted octanol–water partition coefficient (Wildman–Crippen LogP) is 2.52. The van der Waals surface area contributed by atoms with Gasteiger partial charge in [-0.25, -0.2) is 4.79 Å². The van der Waals surface area contributed by atoms with Crippen LogP contribution in [0.1, 0.15) is 31.9 Å². The number of ether oxygens (including phenoxy) is 2. The maximum atomic E-state index is 11.5. The fourth-order valence-corrected chi connectivity index (χ4v) is 2.24. The molecule has 120 valence electrons. The lowest BCUT2D eigenvalue weighted by Crippen LogP contribution is -2.32. The van der Waals surface area contributed by atoms with Gasteiger partial charge >= 0.3 is 6.09 Å². The van der Waals surface area contributed by atoms with Gasteiger partial charge in [-0.1, -0.05) is 30.4 Å². The van der Waals surface area contributed by atoms with E-state index in [1.807, 2.05) is 51.1 Å². The van der Waals surface area contributed by atoms with Gasteiger partial charge in [0.25, 0.3) is 0 Å². The van der Waals surface area contributed by atoms with Gasteiger partial charge in [0.05, 0.1) is 6.61 Å². The van der Waals surface area contributed by atoms with Gasteiger partial charge in [0.2, 0.25) is 0 Å². The van der Waals surface area contributed by atoms with E-state index >= 15 is 0 Å². The molecule has 5 heteroatoms. The number of hydrogen-bond acceptors (Lipinski definition) is 4. The summed E-state index contributed by atoms with van der Waals surface area (Å²) in [5.74, 6) is 0.815. The highest BCUT2D eigenvalue weighted by molar-refractivity contribution is 5.68. The van der Waals surface area contributed by atoms with Crippen LogP contribution >= 0.6 is 0 Å². The quantitative estimate of drug-likeness (QED) is 0.897. The highest BCUT2D eigenvalue weighted by Gasteiger charge is 2.23. The third kappa shape index (κ3) is 4.49. The zero-order valence-corrected chi connectivity index (χ0v) is 13.3. The van der Waals surface area contributed by atoms with E-state index in [9.17, 15) is 9.90 Å². The summed E-state index contributed by atoms with van der Waals surface area (Å²) >= 11 is 0. The lowest BCUT2D eigenvalue weighted by atomic mass is 10.1. The molecule has 0 spiro atoms. The van der Waals surface area contributed by atoms with Crippen molar-refractivity contribution in [3.8, 4) is 5.75 Å². The van der Waals surface area contributed by atoms with Crippen LogP contribution in [0.15, 0.2) is 24.3 Å². The summed E-state index contributed by atoms with van der Waals surface area (Å²) in [6.07, 6.45) is 3.87. The number of nitrogens with one attached hydrogen (secondary N) is 1. The van der Waals surface area contributed by atoms with Crippen LogP contribution in [0.4, 0.5) is 4.79 Å². The number of rotatable bonds is 4. The molecule has 1 unspecified atom stereocenters. The number of amides is 1. The van der Waals surface area contributed by atoms with Gasteiger partial charge in [-0.3, -0.25) is 0 Å². The van der Waals surface area contributed by atoms with E-state index in [-0.39, 0.29) is 12.7 Å². The molecule has 1 amide bonds. The van der Waals surface area contributed by atoms with Crippen LogP contribution in [-0.2, 0) is 11.2 Å². The average Bonchev–Trinajstić information content (AvgIpc) is 2.85. The summed E-state index contributed by atoms with van der Waals surface area (Å²) in [5, 5.41) is 11.9. The molecule has 0 radical (unpaired) electrons. The Hall–Kier alpha value is -2.01. The number of benzene rings is 1. The van der Waals surface area contributed by atoms with Crippen LogP contribution in [0.3, 0.4) is 0 Å². The molecule has 1 atom stereocenters. The topological polar surface area (TPSA) is 67.8 Å². The normalized spacial score (nSPS) is 17.2. The Bertz CT molecular complexity index is 560. The van der Waals surface area contributed by atoms with Gasteiger partial charge in [0.1, 0.15) is 17.5 Å². The van der Waals surface area contributed by atoms with E-state index in [4.69, 9.17) is 9.47 Å². The minimum absolute atomic E-state index is 0.0119. The van der Waals surface area contributed by atoms with Gasteiger partial charge in [0, 0.05) is 18.5 Å². The largest absolute Gasteiger partial charge is 0.487 e. The van der Waals surface area contributed by atoms with Crippen molar-refractivity contribution >= 4 is 12.2 Å². The summed E-state index contributed by atoms with van der Waals surface area (Å²) in [7, 11) is 0. The molecule has 0 aliphatic carbocycles. The molecule has 1 heterocycles. The van der Waals surface area contributed by atoms with E-state index < -0.39 is 11.7 Å². The Labute approximate surface area is 130 Å². The summed E-state index contributed by atoms with van der Waals surface area (Å²) in [6.45, 7) is 5.86. The van der Waals surface area contributed by atoms with Crippen LogP contribution in [0, 0.1) is 0 Å². The first kappa shape index (κ1) is 16.4. The number of para-hydroxylation sites is 1. The minimum atomic E-state index is -0.499. The fraction of sp³-hybridized carbons (Fsp3) is 0.471. The molecule has 0 aromatic heterocycles. The third-order valence-corrected chi connectivity index (χ3v) is 3.12. The van der Waals surface area contributed by atoms with Crippen molar-refractivity contribution in [2.24, 2.45) is 0 Å². The summed E-state index contributed by atoms with van der Waals surface area (Å²) in [4.78, 5) is 11.5. The highest BCUT2D eigenvalue weighted by Crippen LogP contribution is 2.33. The lowest BCUT2D eigenvalue weighted by Gasteiger charge is -2.19. The molecule has 1 aromatic rings. The van der Waals surface area contributed by atoms with Crippen LogP contribution < -0.4 is 10.1 Å². The number of hydrogen-bond donors (Lipinski definition) is 2. The molecule has 2 rings (SSSR count). The Morgan fingerprint density at radius 1 is 1.50 bits per heavy atom. The number of aliphatic hydroxyl groups is 1. The Morgan fingerprint density at radius 3 is 2.95 bits per heavy atom. The van der Waals surface area contributed by atoms with E-state index in [2.05, 4.69) is 5.32 Å². The van der Waals surface area contributed by atoms with Crippen molar-refractivity contribution in [1.29, 1.82) is 0 Å². The number of carbonyl (C=O) groups is 1. The van der Waals surface area contributed by atoms with Crippen molar-refractivity contribution in [2.45, 2.75) is 38.9 Å². The summed E-state index contributed by atoms with van der Waals surface area (Å²) in [5.41, 5.74) is 1.54. The Morgan fingerprint density at radius 2 is 2.27 bits per heavy atom. The van der Waals surface area contributed by atoms with E-state index in [0.717, 1.165) is 23.3 Å². The SMILES string of the molecule is CC(C)(C)OC(=O)NC/C=C/c1cccc2c1OC(CO)C2. The van der Waals surface area contributed by atoms with Crippen LogP contribution in [0.2, 0.25) is 0 Å². The zero-order valence-electron chi connectivity index (χ0n) is 13.3. The molecule has 1 aliphatic heterocycles. The first-order valence-corrected chi connectivity index (χ1v) is 7.42. The fourth-order valence-electron chi connectivity index (χ4n) is 2.24. The summed E-state index contributed by atoms with van der Waals surface area (Å²) < 4.78 is 10.9. The molecule has 0 bridgehead atoms. The first-order chi connectivity index (χ1) is 10.4. The molecular weight excluding hydrogens is 282 g/mol. The molecule has 0 fully saturated rings. The maximum Gasteiger partial charge on any atom is 0.407 e. The highest BCUT2D eigenvalue weighted by atomic mass is 16.6. The molecule has 1 aliphatic rings. The van der Waals surface area contributed by atoms with E-state index in [0.29, 0.717) is 6.54 Å². The number of alkyl carbamates (subject to hydrolysis) is 1. The summed E-state index contributed by atoms with van der Waals surface area (Å²) in [6, 6.07) is 5.91. The second-order valence-electron chi connectivity index (χ2n) is 6.25. The predicted molar refractivity (Wildman–Crippen MR) is 84.9 cm³/mol. The van der Waals surface area contributed by atoms with Crippen molar-refractivity contribution in [3.05, 3.63) is 35.4 Å². The molecule has 1 aromatic carbocycles. The standard InChI is InChI=1S/C17H23NO4/c1-17(2,3)22-16(20)18-9-5-8-12-6-4-7-13-10-14(11-19)21-15(12)13/h4-8,14,19H,9-11H2,1-3H3,(H,18,20)/b8-5+. The second kappa shape index (κ2) is 6.83.